The zero-order chi connectivity index (χ0) is 24.0. The third-order valence-electron chi connectivity index (χ3n) is 5.72. The van der Waals surface area contributed by atoms with Crippen molar-refractivity contribution in [1.82, 2.24) is 9.21 Å². The molecule has 0 aromatic heterocycles. The molecule has 1 atom stereocenters. The van der Waals surface area contributed by atoms with Crippen molar-refractivity contribution in [1.29, 1.82) is 0 Å². The van der Waals surface area contributed by atoms with E-state index in [0.29, 0.717) is 6.07 Å². The monoisotopic (exact) mass is 485 g/mol. The smallest absolute Gasteiger partial charge is 0.289 e. The SMILES string of the molecule is O=C1C[C@@H](N2CCN(S(=O)(=O)c3cccc(C(F)(F)F)c3)CC2)C(=O)N1c1ccc(F)cc1. The molecule has 2 aromatic rings. The summed E-state index contributed by atoms with van der Waals surface area (Å²) in [6.45, 7) is 0.151. The van der Waals surface area contributed by atoms with E-state index in [2.05, 4.69) is 0 Å². The molecule has 2 saturated heterocycles. The fraction of sp³-hybridized carbons (Fsp3) is 0.333. The number of carbonyl (C=O) groups excluding carboxylic acids is 2. The summed E-state index contributed by atoms with van der Waals surface area (Å²) in [5.74, 6) is -1.44. The van der Waals surface area contributed by atoms with Crippen LogP contribution in [-0.2, 0) is 25.8 Å². The number of piperazine rings is 1. The van der Waals surface area contributed by atoms with E-state index in [4.69, 9.17) is 0 Å². The van der Waals surface area contributed by atoms with Crippen LogP contribution in [0.2, 0.25) is 0 Å². The Bertz CT molecular complexity index is 1180. The Morgan fingerprint density at radius 2 is 1.55 bits per heavy atom. The number of alkyl halides is 3. The summed E-state index contributed by atoms with van der Waals surface area (Å²) in [4.78, 5) is 27.5. The van der Waals surface area contributed by atoms with Crippen molar-refractivity contribution in [2.75, 3.05) is 31.1 Å². The lowest BCUT2D eigenvalue weighted by atomic mass is 10.2. The Morgan fingerprint density at radius 1 is 0.909 bits per heavy atom. The average Bonchev–Trinajstić information content (AvgIpc) is 3.08. The molecule has 0 spiro atoms. The molecule has 0 saturated carbocycles. The molecule has 7 nitrogen and oxygen atoms in total. The first kappa shape index (κ1) is 23.3. The van der Waals surface area contributed by atoms with E-state index in [1.54, 1.807) is 4.90 Å². The van der Waals surface area contributed by atoms with E-state index < -0.39 is 50.3 Å². The molecule has 2 aromatic carbocycles. The number of hydrogen-bond acceptors (Lipinski definition) is 5. The zero-order valence-electron chi connectivity index (χ0n) is 17.1. The van der Waals surface area contributed by atoms with Crippen molar-refractivity contribution in [3.8, 4) is 0 Å². The van der Waals surface area contributed by atoms with Crippen molar-refractivity contribution >= 4 is 27.5 Å². The fourth-order valence-electron chi connectivity index (χ4n) is 4.00. The van der Waals surface area contributed by atoms with Gasteiger partial charge < -0.3 is 0 Å². The Kier molecular flexibility index (Phi) is 6.01. The number of anilines is 1. The summed E-state index contributed by atoms with van der Waals surface area (Å²) in [7, 11) is -4.17. The number of amides is 2. The van der Waals surface area contributed by atoms with E-state index in [1.165, 1.54) is 12.1 Å². The Morgan fingerprint density at radius 3 is 2.15 bits per heavy atom. The molecule has 2 fully saturated rings. The molecule has 0 N–H and O–H groups in total. The van der Waals surface area contributed by atoms with Gasteiger partial charge in [0, 0.05) is 26.2 Å². The van der Waals surface area contributed by atoms with Crippen LogP contribution in [0.4, 0.5) is 23.2 Å². The normalized spacial score (nSPS) is 21.1. The predicted octanol–water partition coefficient (Wildman–Crippen LogP) is 2.48. The lowest BCUT2D eigenvalue weighted by molar-refractivity contribution is -0.137. The number of hydrogen-bond donors (Lipinski definition) is 0. The Labute approximate surface area is 187 Å². The highest BCUT2D eigenvalue weighted by molar-refractivity contribution is 7.89. The molecule has 12 heteroatoms. The third kappa shape index (κ3) is 4.50. The van der Waals surface area contributed by atoms with Gasteiger partial charge in [0.15, 0.2) is 0 Å². The highest BCUT2D eigenvalue weighted by Crippen LogP contribution is 2.32. The van der Waals surface area contributed by atoms with Crippen LogP contribution < -0.4 is 4.90 Å². The Hall–Kier alpha value is -2.83. The first-order valence-electron chi connectivity index (χ1n) is 10.0. The average molecular weight is 485 g/mol. The maximum atomic E-state index is 13.2. The van der Waals surface area contributed by atoms with Crippen LogP contribution >= 0.6 is 0 Å². The minimum Gasteiger partial charge on any atom is -0.289 e. The molecule has 33 heavy (non-hydrogen) atoms. The van der Waals surface area contributed by atoms with E-state index in [9.17, 15) is 35.6 Å². The number of rotatable bonds is 4. The lowest BCUT2D eigenvalue weighted by Gasteiger charge is -2.36. The quantitative estimate of drug-likeness (QED) is 0.491. The van der Waals surface area contributed by atoms with Crippen LogP contribution in [-0.4, -0.2) is 61.7 Å². The van der Waals surface area contributed by atoms with E-state index in [0.717, 1.165) is 39.5 Å². The lowest BCUT2D eigenvalue weighted by Crippen LogP contribution is -2.53. The van der Waals surface area contributed by atoms with Crippen molar-refractivity contribution in [2.24, 2.45) is 0 Å². The second-order valence-electron chi connectivity index (χ2n) is 7.73. The molecular formula is C21H19F4N3O4S. The number of imide groups is 1. The molecule has 176 valence electrons. The van der Waals surface area contributed by atoms with Crippen LogP contribution in [0.5, 0.6) is 0 Å². The van der Waals surface area contributed by atoms with Crippen molar-refractivity contribution < 1.29 is 35.6 Å². The predicted molar refractivity (Wildman–Crippen MR) is 109 cm³/mol. The molecule has 0 bridgehead atoms. The van der Waals surface area contributed by atoms with Gasteiger partial charge in [0.05, 0.1) is 28.6 Å². The first-order chi connectivity index (χ1) is 15.5. The minimum atomic E-state index is -4.67. The van der Waals surface area contributed by atoms with Gasteiger partial charge in [0.25, 0.3) is 5.91 Å². The van der Waals surface area contributed by atoms with E-state index in [-0.39, 0.29) is 38.3 Å². The van der Waals surface area contributed by atoms with Gasteiger partial charge in [-0.15, -0.1) is 0 Å². The molecule has 2 aliphatic heterocycles. The highest BCUT2D eigenvalue weighted by atomic mass is 32.2. The van der Waals surface area contributed by atoms with Crippen LogP contribution in [0.15, 0.2) is 53.4 Å². The maximum Gasteiger partial charge on any atom is 0.416 e. The van der Waals surface area contributed by atoms with Gasteiger partial charge in [-0.3, -0.25) is 14.5 Å². The molecule has 2 aliphatic rings. The van der Waals surface area contributed by atoms with Crippen LogP contribution in [0.1, 0.15) is 12.0 Å². The molecule has 0 unspecified atom stereocenters. The van der Waals surface area contributed by atoms with Gasteiger partial charge in [-0.05, 0) is 42.5 Å². The largest absolute Gasteiger partial charge is 0.416 e. The van der Waals surface area contributed by atoms with Gasteiger partial charge in [-0.1, -0.05) is 6.07 Å². The number of benzene rings is 2. The molecule has 0 radical (unpaired) electrons. The topological polar surface area (TPSA) is 78.0 Å². The standard InChI is InChI=1S/C21H19F4N3O4S/c22-15-4-6-16(7-5-15)28-19(29)13-18(20(28)30)26-8-10-27(11-9-26)33(31,32)17-3-1-2-14(12-17)21(23,24)25/h1-7,12,18H,8-11,13H2/t18-/m1/s1. The number of sulfonamides is 1. The van der Waals surface area contributed by atoms with Gasteiger partial charge in [0.2, 0.25) is 15.9 Å². The van der Waals surface area contributed by atoms with Gasteiger partial charge in [-0.25, -0.2) is 17.7 Å². The van der Waals surface area contributed by atoms with Crippen molar-refractivity contribution in [3.63, 3.8) is 0 Å². The molecule has 2 amide bonds. The van der Waals surface area contributed by atoms with Crippen LogP contribution in [0, 0.1) is 5.82 Å². The summed E-state index contributed by atoms with van der Waals surface area (Å²) in [6.07, 6.45) is -4.77. The highest BCUT2D eigenvalue weighted by Gasteiger charge is 2.44. The van der Waals surface area contributed by atoms with Crippen LogP contribution in [0.25, 0.3) is 0 Å². The first-order valence-corrected chi connectivity index (χ1v) is 11.5. The molecular weight excluding hydrogens is 466 g/mol. The second kappa shape index (κ2) is 8.50. The van der Waals surface area contributed by atoms with Crippen molar-refractivity contribution in [2.45, 2.75) is 23.5 Å². The molecule has 2 heterocycles. The van der Waals surface area contributed by atoms with Gasteiger partial charge >= 0.3 is 6.18 Å². The van der Waals surface area contributed by atoms with E-state index >= 15 is 0 Å². The van der Waals surface area contributed by atoms with Gasteiger partial charge in [-0.2, -0.15) is 17.5 Å². The zero-order valence-corrected chi connectivity index (χ0v) is 17.9. The second-order valence-corrected chi connectivity index (χ2v) is 9.67. The summed E-state index contributed by atoms with van der Waals surface area (Å²) in [6, 6.07) is 7.69. The number of carbonyl (C=O) groups is 2. The number of halogens is 4. The maximum absolute atomic E-state index is 13.2. The molecule has 4 rings (SSSR count). The fourth-order valence-corrected chi connectivity index (χ4v) is 5.47. The summed E-state index contributed by atoms with van der Waals surface area (Å²) in [5.41, 5.74) is -0.808. The van der Waals surface area contributed by atoms with Gasteiger partial charge in [0.1, 0.15) is 5.82 Å². The number of nitrogens with zero attached hydrogens (tertiary/aromatic N) is 3. The minimum absolute atomic E-state index is 0.0485. The van der Waals surface area contributed by atoms with Crippen LogP contribution in [0.3, 0.4) is 0 Å². The molecule has 0 aliphatic carbocycles. The third-order valence-corrected chi connectivity index (χ3v) is 7.62. The summed E-state index contributed by atoms with van der Waals surface area (Å²) >= 11 is 0. The summed E-state index contributed by atoms with van der Waals surface area (Å²) in [5, 5.41) is 0. The Balaban J connectivity index is 1.45. The van der Waals surface area contributed by atoms with Crippen molar-refractivity contribution in [3.05, 3.63) is 59.9 Å². The van der Waals surface area contributed by atoms with E-state index in [1.807, 2.05) is 0 Å². The summed E-state index contributed by atoms with van der Waals surface area (Å²) < 4.78 is 78.8.